The van der Waals surface area contributed by atoms with E-state index in [-0.39, 0.29) is 17.2 Å². The minimum absolute atomic E-state index is 0.0554. The van der Waals surface area contributed by atoms with Gasteiger partial charge in [-0.05, 0) is 54.6 Å². The Hall–Kier alpha value is -3.74. The molecule has 2 aromatic carbocycles. The van der Waals surface area contributed by atoms with E-state index < -0.39 is 11.7 Å². The Kier molecular flexibility index (Phi) is 5.64. The lowest BCUT2D eigenvalue weighted by atomic mass is 10.2. The Bertz CT molecular complexity index is 1000. The largest absolute Gasteiger partial charge is 0.378 e. The van der Waals surface area contributed by atoms with Crippen molar-refractivity contribution in [3.05, 3.63) is 83.9 Å². The Morgan fingerprint density at radius 1 is 0.893 bits per heavy atom. The van der Waals surface area contributed by atoms with Gasteiger partial charge in [0.15, 0.2) is 0 Å². The summed E-state index contributed by atoms with van der Waals surface area (Å²) in [6, 6.07) is 15.8. The first-order valence-corrected chi connectivity index (χ1v) is 8.54. The van der Waals surface area contributed by atoms with Crippen LogP contribution in [-0.2, 0) is 0 Å². The van der Waals surface area contributed by atoms with Crippen LogP contribution in [0.5, 0.6) is 0 Å². The highest BCUT2D eigenvalue weighted by atomic mass is 19.1. The molecule has 0 unspecified atom stereocenters. The van der Waals surface area contributed by atoms with Crippen molar-refractivity contribution in [1.82, 2.24) is 4.98 Å². The lowest BCUT2D eigenvalue weighted by Crippen LogP contribution is -2.17. The summed E-state index contributed by atoms with van der Waals surface area (Å²) in [5.74, 6) is -1.35. The van der Waals surface area contributed by atoms with Gasteiger partial charge in [-0.25, -0.2) is 4.39 Å². The molecule has 3 rings (SSSR count). The first kappa shape index (κ1) is 19.0. The van der Waals surface area contributed by atoms with E-state index in [0.29, 0.717) is 11.4 Å². The van der Waals surface area contributed by atoms with E-state index in [1.807, 2.05) is 31.1 Å². The number of rotatable bonds is 5. The lowest BCUT2D eigenvalue weighted by Gasteiger charge is -2.13. The SMILES string of the molecule is CN(C)c1ccc(NC(=O)c2ccnc(C(=O)Nc3cccc(F)c3)c2)cc1. The second-order valence-electron chi connectivity index (χ2n) is 6.29. The number of aromatic nitrogens is 1. The van der Waals surface area contributed by atoms with Crippen molar-refractivity contribution in [3.8, 4) is 0 Å². The van der Waals surface area contributed by atoms with Crippen LogP contribution >= 0.6 is 0 Å². The van der Waals surface area contributed by atoms with Crippen LogP contribution in [0.2, 0.25) is 0 Å². The van der Waals surface area contributed by atoms with Gasteiger partial charge in [0.2, 0.25) is 0 Å². The predicted molar refractivity (Wildman–Crippen MR) is 107 cm³/mol. The third kappa shape index (κ3) is 4.70. The van der Waals surface area contributed by atoms with E-state index in [4.69, 9.17) is 0 Å². The van der Waals surface area contributed by atoms with E-state index >= 15 is 0 Å². The zero-order valence-electron chi connectivity index (χ0n) is 15.4. The number of hydrogen-bond donors (Lipinski definition) is 2. The van der Waals surface area contributed by atoms with Gasteiger partial charge in [-0.15, -0.1) is 0 Å². The Morgan fingerprint density at radius 3 is 2.29 bits per heavy atom. The van der Waals surface area contributed by atoms with Crippen molar-refractivity contribution in [1.29, 1.82) is 0 Å². The van der Waals surface area contributed by atoms with Gasteiger partial charge in [-0.2, -0.15) is 0 Å². The molecule has 0 radical (unpaired) electrons. The van der Waals surface area contributed by atoms with Crippen LogP contribution in [0.25, 0.3) is 0 Å². The third-order valence-corrected chi connectivity index (χ3v) is 3.98. The second kappa shape index (κ2) is 8.30. The van der Waals surface area contributed by atoms with E-state index in [0.717, 1.165) is 5.69 Å². The Labute approximate surface area is 162 Å². The van der Waals surface area contributed by atoms with Gasteiger partial charge >= 0.3 is 0 Å². The maximum absolute atomic E-state index is 13.2. The summed E-state index contributed by atoms with van der Waals surface area (Å²) >= 11 is 0. The molecule has 6 nitrogen and oxygen atoms in total. The zero-order chi connectivity index (χ0) is 20.1. The van der Waals surface area contributed by atoms with Crippen molar-refractivity contribution in [2.45, 2.75) is 0 Å². The fraction of sp³-hybridized carbons (Fsp3) is 0.0952. The molecule has 0 fully saturated rings. The quantitative estimate of drug-likeness (QED) is 0.708. The minimum Gasteiger partial charge on any atom is -0.378 e. The van der Waals surface area contributed by atoms with Gasteiger partial charge in [0.25, 0.3) is 11.8 Å². The fourth-order valence-corrected chi connectivity index (χ4v) is 2.50. The molecular weight excluding hydrogens is 359 g/mol. The smallest absolute Gasteiger partial charge is 0.274 e. The summed E-state index contributed by atoms with van der Waals surface area (Å²) < 4.78 is 13.2. The molecule has 0 saturated carbocycles. The molecule has 1 aromatic heterocycles. The highest BCUT2D eigenvalue weighted by Gasteiger charge is 2.13. The Morgan fingerprint density at radius 2 is 1.61 bits per heavy atom. The summed E-state index contributed by atoms with van der Waals surface area (Å²) in [6.45, 7) is 0. The van der Waals surface area contributed by atoms with Crippen LogP contribution in [0.4, 0.5) is 21.5 Å². The molecular formula is C21H19FN4O2. The van der Waals surface area contributed by atoms with Crippen molar-refractivity contribution in [3.63, 3.8) is 0 Å². The molecule has 0 saturated heterocycles. The molecule has 0 aliphatic carbocycles. The van der Waals surface area contributed by atoms with Crippen molar-refractivity contribution >= 4 is 28.9 Å². The number of amides is 2. The predicted octanol–water partition coefficient (Wildman–Crippen LogP) is 3.79. The molecule has 1 heterocycles. The number of hydrogen-bond acceptors (Lipinski definition) is 4. The zero-order valence-corrected chi connectivity index (χ0v) is 15.4. The van der Waals surface area contributed by atoms with Gasteiger partial charge in [0.05, 0.1) is 0 Å². The fourth-order valence-electron chi connectivity index (χ4n) is 2.50. The number of nitrogens with one attached hydrogen (secondary N) is 2. The van der Waals surface area contributed by atoms with Gasteiger partial charge in [0, 0.05) is 42.9 Å². The molecule has 0 atom stereocenters. The molecule has 0 bridgehead atoms. The first-order valence-electron chi connectivity index (χ1n) is 8.54. The number of benzene rings is 2. The number of nitrogens with zero attached hydrogens (tertiary/aromatic N) is 2. The molecule has 0 aliphatic heterocycles. The summed E-state index contributed by atoms with van der Waals surface area (Å²) in [7, 11) is 3.86. The molecule has 3 aromatic rings. The summed E-state index contributed by atoms with van der Waals surface area (Å²) in [4.78, 5) is 30.8. The van der Waals surface area contributed by atoms with E-state index in [1.54, 1.807) is 18.2 Å². The first-order chi connectivity index (χ1) is 13.4. The average Bonchev–Trinajstić information content (AvgIpc) is 2.68. The molecule has 142 valence electrons. The lowest BCUT2D eigenvalue weighted by molar-refractivity contribution is 0.102. The molecule has 2 N–H and O–H groups in total. The number of carbonyl (C=O) groups is 2. The maximum Gasteiger partial charge on any atom is 0.274 e. The summed E-state index contributed by atoms with van der Waals surface area (Å²) in [5, 5.41) is 5.34. The van der Waals surface area contributed by atoms with E-state index in [1.165, 1.54) is 36.5 Å². The van der Waals surface area contributed by atoms with E-state index in [2.05, 4.69) is 15.6 Å². The monoisotopic (exact) mass is 378 g/mol. The van der Waals surface area contributed by atoms with Gasteiger partial charge < -0.3 is 15.5 Å². The summed E-state index contributed by atoms with van der Waals surface area (Å²) in [6.07, 6.45) is 1.38. The third-order valence-electron chi connectivity index (χ3n) is 3.98. The van der Waals surface area contributed by atoms with Crippen LogP contribution in [0.1, 0.15) is 20.8 Å². The second-order valence-corrected chi connectivity index (χ2v) is 6.29. The number of pyridine rings is 1. The molecule has 0 spiro atoms. The standard InChI is InChI=1S/C21H19FN4O2/c1-26(2)18-8-6-16(7-9-18)24-20(27)14-10-11-23-19(12-14)21(28)25-17-5-3-4-15(22)13-17/h3-13H,1-2H3,(H,24,27)(H,25,28). The molecule has 2 amide bonds. The average molecular weight is 378 g/mol. The molecule has 0 aliphatic rings. The van der Waals surface area contributed by atoms with E-state index in [9.17, 15) is 14.0 Å². The Balaban J connectivity index is 1.71. The maximum atomic E-state index is 13.2. The normalized spacial score (nSPS) is 10.2. The number of carbonyl (C=O) groups excluding carboxylic acids is 2. The van der Waals surface area contributed by atoms with Gasteiger partial charge in [-0.1, -0.05) is 6.07 Å². The molecule has 28 heavy (non-hydrogen) atoms. The van der Waals surface area contributed by atoms with Crippen molar-refractivity contribution < 1.29 is 14.0 Å². The van der Waals surface area contributed by atoms with Gasteiger partial charge in [0.1, 0.15) is 11.5 Å². The summed E-state index contributed by atoms with van der Waals surface area (Å²) in [5.41, 5.74) is 2.30. The highest BCUT2D eigenvalue weighted by Crippen LogP contribution is 2.17. The van der Waals surface area contributed by atoms with Crippen LogP contribution < -0.4 is 15.5 Å². The van der Waals surface area contributed by atoms with Crippen molar-refractivity contribution in [2.24, 2.45) is 0 Å². The van der Waals surface area contributed by atoms with Crippen LogP contribution in [0.3, 0.4) is 0 Å². The van der Waals surface area contributed by atoms with Crippen molar-refractivity contribution in [2.75, 3.05) is 29.6 Å². The van der Waals surface area contributed by atoms with Crippen LogP contribution in [0, 0.1) is 5.82 Å². The highest BCUT2D eigenvalue weighted by molar-refractivity contribution is 6.07. The van der Waals surface area contributed by atoms with Gasteiger partial charge in [-0.3, -0.25) is 14.6 Å². The minimum atomic E-state index is -0.532. The van der Waals surface area contributed by atoms with Crippen LogP contribution in [0.15, 0.2) is 66.9 Å². The number of anilines is 3. The van der Waals surface area contributed by atoms with Crippen LogP contribution in [-0.4, -0.2) is 30.9 Å². The number of halogens is 1. The molecule has 7 heteroatoms. The topological polar surface area (TPSA) is 74.3 Å².